The van der Waals surface area contributed by atoms with E-state index in [1.54, 1.807) is 41.5 Å². The van der Waals surface area contributed by atoms with Gasteiger partial charge in [0.05, 0.1) is 6.42 Å². The molecule has 0 aliphatic rings. The highest BCUT2D eigenvalue weighted by Gasteiger charge is 2.29. The first kappa shape index (κ1) is 38.6. The number of hydrogen-bond acceptors (Lipinski definition) is 7. The number of rotatable bonds is 18. The molecule has 2 amide bonds. The van der Waals surface area contributed by atoms with Crippen molar-refractivity contribution in [2.24, 2.45) is 0 Å². The van der Waals surface area contributed by atoms with Gasteiger partial charge in [0.1, 0.15) is 23.9 Å². The molecule has 44 heavy (non-hydrogen) atoms. The van der Waals surface area contributed by atoms with Crippen LogP contribution in [-0.4, -0.2) is 54.1 Å². The normalized spacial score (nSPS) is 12.3. The van der Waals surface area contributed by atoms with Gasteiger partial charge in [0, 0.05) is 19.0 Å². The molecule has 0 heterocycles. The van der Waals surface area contributed by atoms with Gasteiger partial charge in [-0.25, -0.2) is 13.6 Å². The zero-order valence-corrected chi connectivity index (χ0v) is 26.5. The first-order valence-electron chi connectivity index (χ1n) is 14.9. The molecule has 0 radical (unpaired) electrons. The molecule has 0 aliphatic carbocycles. The van der Waals surface area contributed by atoms with Crippen molar-refractivity contribution in [2.75, 3.05) is 13.2 Å². The van der Waals surface area contributed by atoms with Crippen LogP contribution in [0.2, 0.25) is 0 Å². The van der Waals surface area contributed by atoms with Crippen molar-refractivity contribution in [1.82, 2.24) is 10.6 Å². The van der Waals surface area contributed by atoms with Crippen molar-refractivity contribution in [1.29, 1.82) is 0 Å². The van der Waals surface area contributed by atoms with Gasteiger partial charge in [0.2, 0.25) is 17.5 Å². The highest BCUT2D eigenvalue weighted by Crippen LogP contribution is 2.26. The molecule has 250 valence electrons. The third kappa shape index (κ3) is 16.5. The number of unbranched alkanes of at least 4 members (excludes halogenated alkanes) is 7. The number of benzene rings is 1. The van der Waals surface area contributed by atoms with Crippen LogP contribution in [0.3, 0.4) is 0 Å². The molecule has 1 rings (SSSR count). The largest absolute Gasteiger partial charge is 0.479 e. The first-order valence-corrected chi connectivity index (χ1v) is 14.9. The molecule has 2 N–H and O–H groups in total. The van der Waals surface area contributed by atoms with Crippen molar-refractivity contribution >= 4 is 23.8 Å². The molecule has 1 unspecified atom stereocenters. The van der Waals surface area contributed by atoms with E-state index in [-0.39, 0.29) is 12.5 Å². The highest BCUT2D eigenvalue weighted by molar-refractivity contribution is 5.93. The summed E-state index contributed by atoms with van der Waals surface area (Å²) in [5, 5.41) is 5.15. The minimum absolute atomic E-state index is 0.000175. The van der Waals surface area contributed by atoms with E-state index in [0.29, 0.717) is 13.0 Å². The van der Waals surface area contributed by atoms with Crippen molar-refractivity contribution in [2.45, 2.75) is 123 Å². The van der Waals surface area contributed by atoms with Crippen LogP contribution in [0.5, 0.6) is 5.75 Å². The Labute approximate surface area is 256 Å². The Morgan fingerprint density at radius 3 is 1.77 bits per heavy atom. The number of esters is 1. The third-order valence-corrected chi connectivity index (χ3v) is 5.94. The fourth-order valence-corrected chi connectivity index (χ4v) is 3.96. The number of carbonyl (C=O) groups excluding carboxylic acids is 4. The number of ketones is 1. The van der Waals surface area contributed by atoms with Gasteiger partial charge < -0.3 is 24.8 Å². The molecule has 0 saturated carbocycles. The van der Waals surface area contributed by atoms with Gasteiger partial charge >= 0.3 is 12.1 Å². The standard InChI is InChI=1S/C31H46F4N2O7/c1-30(2,3)43-25(40)18-22(23(38)19-42-28-26(34)20(32)17-21(33)27(28)35)37-24(39)15-13-11-9-7-8-10-12-14-16-36-29(41)44-31(4,5)6/h17,22H,7-16,18-19H2,1-6H3,(H,36,41)(H,37,39). The molecule has 0 aliphatic heterocycles. The predicted molar refractivity (Wildman–Crippen MR) is 155 cm³/mol. The topological polar surface area (TPSA) is 120 Å². The van der Waals surface area contributed by atoms with Crippen LogP contribution in [0.15, 0.2) is 6.07 Å². The second-order valence-corrected chi connectivity index (χ2v) is 12.5. The lowest BCUT2D eigenvalue weighted by molar-refractivity contribution is -0.156. The summed E-state index contributed by atoms with van der Waals surface area (Å²) < 4.78 is 69.9. The molecular weight excluding hydrogens is 588 g/mol. The van der Waals surface area contributed by atoms with Crippen LogP contribution in [-0.2, 0) is 23.9 Å². The number of nitrogens with one attached hydrogen (secondary N) is 2. The zero-order valence-electron chi connectivity index (χ0n) is 26.5. The second kappa shape index (κ2) is 18.4. The maximum Gasteiger partial charge on any atom is 0.407 e. The van der Waals surface area contributed by atoms with Crippen LogP contribution >= 0.6 is 0 Å². The van der Waals surface area contributed by atoms with Crippen molar-refractivity contribution < 1.29 is 51.0 Å². The number of carbonyl (C=O) groups is 4. The lowest BCUT2D eigenvalue weighted by Crippen LogP contribution is -2.45. The van der Waals surface area contributed by atoms with Gasteiger partial charge in [-0.3, -0.25) is 14.4 Å². The Kier molecular flexibility index (Phi) is 16.2. The van der Waals surface area contributed by atoms with Gasteiger partial charge in [0.25, 0.3) is 0 Å². The van der Waals surface area contributed by atoms with E-state index in [0.717, 1.165) is 44.9 Å². The number of ether oxygens (including phenoxy) is 3. The Morgan fingerprint density at radius 1 is 0.750 bits per heavy atom. The fraction of sp³-hybridized carbons (Fsp3) is 0.677. The van der Waals surface area contributed by atoms with E-state index in [9.17, 15) is 36.7 Å². The Hall–Kier alpha value is -3.38. The smallest absolute Gasteiger partial charge is 0.407 e. The molecule has 13 heteroatoms. The molecule has 9 nitrogen and oxygen atoms in total. The number of amides is 2. The third-order valence-electron chi connectivity index (χ3n) is 5.94. The zero-order chi connectivity index (χ0) is 33.5. The van der Waals surface area contributed by atoms with Crippen LogP contribution in [0.1, 0.15) is 106 Å². The summed E-state index contributed by atoms with van der Waals surface area (Å²) in [5.74, 6) is -10.8. The van der Waals surface area contributed by atoms with Crippen LogP contribution in [0, 0.1) is 23.3 Å². The summed E-state index contributed by atoms with van der Waals surface area (Å²) in [6, 6.07) is -1.45. The van der Waals surface area contributed by atoms with E-state index in [1.165, 1.54) is 0 Å². The quantitative estimate of drug-likeness (QED) is 0.0825. The van der Waals surface area contributed by atoms with Crippen molar-refractivity contribution in [3.63, 3.8) is 0 Å². The number of Topliss-reactive ketones (excluding diaryl/α,β-unsaturated/α-hetero) is 1. The van der Waals surface area contributed by atoms with Crippen molar-refractivity contribution in [3.05, 3.63) is 29.3 Å². The summed E-state index contributed by atoms with van der Waals surface area (Å²) in [4.78, 5) is 49.3. The van der Waals surface area contributed by atoms with Crippen LogP contribution < -0.4 is 15.4 Å². The fourth-order valence-electron chi connectivity index (χ4n) is 3.96. The molecule has 0 fully saturated rings. The lowest BCUT2D eigenvalue weighted by atomic mass is 10.1. The highest BCUT2D eigenvalue weighted by atomic mass is 19.2. The van der Waals surface area contributed by atoms with Crippen LogP contribution in [0.25, 0.3) is 0 Å². The summed E-state index contributed by atoms with van der Waals surface area (Å²) in [6.45, 7) is 9.71. The molecule has 0 saturated heterocycles. The SMILES string of the molecule is CC(C)(C)OC(=O)CC(NC(=O)CCCCCCCCCCNC(=O)OC(C)(C)C)C(=O)COc1c(F)c(F)cc(F)c1F. The maximum absolute atomic E-state index is 13.9. The second-order valence-electron chi connectivity index (χ2n) is 12.5. The molecule has 1 aromatic rings. The van der Waals surface area contributed by atoms with E-state index in [1.807, 2.05) is 0 Å². The lowest BCUT2D eigenvalue weighted by Gasteiger charge is -2.22. The summed E-state index contributed by atoms with van der Waals surface area (Å²) >= 11 is 0. The number of halogens is 4. The van der Waals surface area contributed by atoms with Gasteiger partial charge in [-0.2, -0.15) is 8.78 Å². The van der Waals surface area contributed by atoms with Gasteiger partial charge in [-0.05, 0) is 54.4 Å². The van der Waals surface area contributed by atoms with Crippen molar-refractivity contribution in [3.8, 4) is 5.75 Å². The summed E-state index contributed by atoms with van der Waals surface area (Å²) in [5.41, 5.74) is -1.41. The predicted octanol–water partition coefficient (Wildman–Crippen LogP) is 6.44. The Morgan fingerprint density at radius 2 is 1.25 bits per heavy atom. The minimum Gasteiger partial charge on any atom is -0.479 e. The molecule has 0 aromatic heterocycles. The first-order chi connectivity index (χ1) is 20.4. The molecule has 1 aromatic carbocycles. The summed E-state index contributed by atoms with van der Waals surface area (Å²) in [7, 11) is 0. The number of hydrogen-bond donors (Lipinski definition) is 2. The Bertz CT molecular complexity index is 1090. The van der Waals surface area contributed by atoms with E-state index >= 15 is 0 Å². The van der Waals surface area contributed by atoms with Gasteiger partial charge in [-0.15, -0.1) is 0 Å². The van der Waals surface area contributed by atoms with Gasteiger partial charge in [-0.1, -0.05) is 38.5 Å². The molecular formula is C31H46F4N2O7. The maximum atomic E-state index is 13.9. The average Bonchev–Trinajstić information content (AvgIpc) is 2.88. The molecule has 0 bridgehead atoms. The van der Waals surface area contributed by atoms with E-state index in [4.69, 9.17) is 14.2 Å². The summed E-state index contributed by atoms with van der Waals surface area (Å²) in [6.07, 6.45) is 5.99. The monoisotopic (exact) mass is 634 g/mol. The number of alkyl carbamates (subject to hydrolysis) is 1. The van der Waals surface area contributed by atoms with Crippen LogP contribution in [0.4, 0.5) is 22.4 Å². The van der Waals surface area contributed by atoms with Gasteiger partial charge in [0.15, 0.2) is 23.2 Å². The average molecular weight is 635 g/mol. The Balaban J connectivity index is 2.47. The van der Waals surface area contributed by atoms with E-state index in [2.05, 4.69) is 10.6 Å². The molecule has 0 spiro atoms. The molecule has 1 atom stereocenters. The minimum atomic E-state index is -1.82. The van der Waals surface area contributed by atoms with E-state index < -0.39 is 83.0 Å².